The molecule has 0 aromatic rings. The van der Waals surface area contributed by atoms with Crippen LogP contribution in [0.3, 0.4) is 0 Å². The van der Waals surface area contributed by atoms with Crippen LogP contribution >= 0.6 is 34.8 Å². The number of unbranched alkanes of at least 4 members (excludes halogenated alkanes) is 14. The molecule has 0 spiro atoms. The van der Waals surface area contributed by atoms with Crippen LogP contribution in [0, 0.1) is 0 Å². The van der Waals surface area contributed by atoms with Gasteiger partial charge in [0, 0.05) is 0 Å². The third-order valence-electron chi connectivity index (χ3n) is 4.27. The van der Waals surface area contributed by atoms with Gasteiger partial charge in [0.2, 0.25) is 6.69 Å². The monoisotopic (exact) mass is 384 g/mol. The molecule has 22 heavy (non-hydrogen) atoms. The Kier molecular flexibility index (Phi) is 17.9. The summed E-state index contributed by atoms with van der Waals surface area (Å²) in [6.07, 6.45) is 20.9. The van der Waals surface area contributed by atoms with Crippen molar-refractivity contribution >= 4 is 41.5 Å². The van der Waals surface area contributed by atoms with Gasteiger partial charge in [-0.05, 0) is 24.8 Å². The molecule has 0 N–H and O–H groups in total. The van der Waals surface area contributed by atoms with Crippen LogP contribution < -0.4 is 0 Å². The van der Waals surface area contributed by atoms with E-state index in [4.69, 9.17) is 22.2 Å². The van der Waals surface area contributed by atoms with Gasteiger partial charge >= 0.3 is 0 Å². The summed E-state index contributed by atoms with van der Waals surface area (Å²) in [7, 11) is 0. The number of halogens is 2. The first-order valence-corrected chi connectivity index (χ1v) is 14.9. The highest BCUT2D eigenvalue weighted by Gasteiger charge is 2.19. The molecule has 0 aliphatic heterocycles. The zero-order chi connectivity index (χ0) is 16.5. The molecule has 0 fully saturated rings. The summed E-state index contributed by atoms with van der Waals surface area (Å²) in [6.45, 7) is 0.203. The summed E-state index contributed by atoms with van der Waals surface area (Å²) in [4.78, 5) is 0. The van der Waals surface area contributed by atoms with Crippen LogP contribution in [0.4, 0.5) is 0 Å². The Labute approximate surface area is 155 Å². The van der Waals surface area contributed by atoms with Gasteiger partial charge in [0.15, 0.2) is 0 Å². The van der Waals surface area contributed by atoms with E-state index in [2.05, 4.69) is 12.6 Å². The largest absolute Gasteiger partial charge is 0.248 e. The Hall–Kier alpha value is 1.15. The maximum absolute atomic E-state index is 6.10. The van der Waals surface area contributed by atoms with Gasteiger partial charge in [-0.1, -0.05) is 89.9 Å². The predicted octanol–water partition coefficient (Wildman–Crippen LogP) is 8.32. The number of thiol groups is 1. The van der Waals surface area contributed by atoms with Crippen molar-refractivity contribution in [2.24, 2.45) is 0 Å². The summed E-state index contributed by atoms with van der Waals surface area (Å²) in [5.74, 6) is 1.06. The van der Waals surface area contributed by atoms with Crippen molar-refractivity contribution in [1.29, 1.82) is 0 Å². The van der Waals surface area contributed by atoms with Crippen molar-refractivity contribution < 1.29 is 0 Å². The van der Waals surface area contributed by atoms with Gasteiger partial charge in [-0.25, -0.2) is 0 Å². The summed E-state index contributed by atoms with van der Waals surface area (Å²) >= 11 is 16.4. The molecule has 0 aliphatic rings. The summed E-state index contributed by atoms with van der Waals surface area (Å²) in [5, 5.41) is 0. The minimum absolute atomic E-state index is 1.06. The Morgan fingerprint density at radius 2 is 0.818 bits per heavy atom. The second-order valence-electron chi connectivity index (χ2n) is 6.85. The van der Waals surface area contributed by atoms with Crippen LogP contribution in [0.5, 0.6) is 0 Å². The Balaban J connectivity index is 3.00. The average molecular weight is 386 g/mol. The normalized spacial score (nSPS) is 12.0. The molecule has 0 unspecified atom stereocenters. The number of hydrogen-bond donors (Lipinski definition) is 1. The molecule has 0 atom stereocenters. The first-order valence-electron chi connectivity index (χ1n) is 9.55. The minimum Gasteiger partial charge on any atom is -0.179 e. The average Bonchev–Trinajstić information content (AvgIpc) is 2.45. The maximum atomic E-state index is 6.10. The lowest BCUT2D eigenvalue weighted by Crippen LogP contribution is -2.11. The van der Waals surface area contributed by atoms with Crippen molar-refractivity contribution in [3.63, 3.8) is 0 Å². The van der Waals surface area contributed by atoms with E-state index in [1.54, 1.807) is 0 Å². The van der Waals surface area contributed by atoms with Crippen LogP contribution in [0.25, 0.3) is 0 Å². The molecule has 0 rings (SSSR count). The molecule has 0 bridgehead atoms. The van der Waals surface area contributed by atoms with E-state index in [-0.39, 0.29) is 0 Å². The third kappa shape index (κ3) is 21.1. The quantitative estimate of drug-likeness (QED) is 0.111. The van der Waals surface area contributed by atoms with E-state index in [9.17, 15) is 0 Å². The molecule has 0 aromatic heterocycles. The van der Waals surface area contributed by atoms with Crippen LogP contribution in [0.2, 0.25) is 12.6 Å². The third-order valence-corrected chi connectivity index (χ3v) is 6.96. The van der Waals surface area contributed by atoms with Gasteiger partial charge < -0.3 is 0 Å². The Morgan fingerprint density at radius 1 is 0.545 bits per heavy atom. The fraction of sp³-hybridized carbons (Fsp3) is 1.00. The zero-order valence-electron chi connectivity index (χ0n) is 14.7. The van der Waals surface area contributed by atoms with Gasteiger partial charge in [-0.2, -0.15) is 12.6 Å². The van der Waals surface area contributed by atoms with Gasteiger partial charge in [-0.15, -0.1) is 22.2 Å². The lowest BCUT2D eigenvalue weighted by atomic mass is 10.0. The molecule has 0 heterocycles. The molecule has 134 valence electrons. The topological polar surface area (TPSA) is 0 Å². The highest BCUT2D eigenvalue weighted by Crippen LogP contribution is 2.23. The summed E-state index contributed by atoms with van der Waals surface area (Å²) in [5.41, 5.74) is 0. The molecule has 0 radical (unpaired) electrons. The van der Waals surface area contributed by atoms with Crippen molar-refractivity contribution in [3.05, 3.63) is 0 Å². The maximum Gasteiger partial charge on any atom is 0.248 e. The lowest BCUT2D eigenvalue weighted by Gasteiger charge is -2.09. The molecule has 0 saturated carbocycles. The molecular weight excluding hydrogens is 347 g/mol. The van der Waals surface area contributed by atoms with Crippen LogP contribution in [0.15, 0.2) is 0 Å². The fourth-order valence-corrected chi connectivity index (χ4v) is 4.74. The molecule has 0 aromatic carbocycles. The second kappa shape index (κ2) is 17.0. The standard InChI is InChI=1S/C18H38Cl2SSi/c1-22(19,20)18-16-14-12-10-8-6-4-2-3-5-7-9-11-13-15-17-21/h21H,2-18H2,1H3. The Bertz CT molecular complexity index is 220. The minimum atomic E-state index is -1.82. The lowest BCUT2D eigenvalue weighted by molar-refractivity contribution is 0.535. The van der Waals surface area contributed by atoms with E-state index >= 15 is 0 Å². The molecule has 0 nitrogen and oxygen atoms in total. The van der Waals surface area contributed by atoms with Crippen molar-refractivity contribution in [2.45, 2.75) is 109 Å². The first-order chi connectivity index (χ1) is 10.6. The van der Waals surface area contributed by atoms with Gasteiger partial charge in [-0.3, -0.25) is 0 Å². The van der Waals surface area contributed by atoms with Crippen LogP contribution in [0.1, 0.15) is 96.3 Å². The van der Waals surface area contributed by atoms with E-state index in [1.807, 2.05) is 6.55 Å². The molecule has 0 amide bonds. The van der Waals surface area contributed by atoms with E-state index in [0.717, 1.165) is 11.8 Å². The van der Waals surface area contributed by atoms with Crippen molar-refractivity contribution in [2.75, 3.05) is 5.75 Å². The van der Waals surface area contributed by atoms with E-state index in [0.29, 0.717) is 0 Å². The molecule has 0 saturated heterocycles. The van der Waals surface area contributed by atoms with Gasteiger partial charge in [0.05, 0.1) is 0 Å². The van der Waals surface area contributed by atoms with Gasteiger partial charge in [0.25, 0.3) is 0 Å². The molecule has 0 aliphatic carbocycles. The van der Waals surface area contributed by atoms with Gasteiger partial charge in [0.1, 0.15) is 0 Å². The van der Waals surface area contributed by atoms with Crippen LogP contribution in [-0.2, 0) is 0 Å². The predicted molar refractivity (Wildman–Crippen MR) is 111 cm³/mol. The van der Waals surface area contributed by atoms with Crippen molar-refractivity contribution in [1.82, 2.24) is 0 Å². The second-order valence-corrected chi connectivity index (χ2v) is 15.5. The number of rotatable bonds is 17. The van der Waals surface area contributed by atoms with E-state index in [1.165, 1.54) is 96.3 Å². The summed E-state index contributed by atoms with van der Waals surface area (Å²) < 4.78 is 0. The zero-order valence-corrected chi connectivity index (χ0v) is 18.1. The smallest absolute Gasteiger partial charge is 0.179 e. The molecular formula is C18H38Cl2SSi. The van der Waals surface area contributed by atoms with Crippen molar-refractivity contribution in [3.8, 4) is 0 Å². The Morgan fingerprint density at radius 3 is 1.09 bits per heavy atom. The SMILES string of the molecule is C[Si](Cl)(Cl)CCCCCCCCCCCCCCCCCS. The highest BCUT2D eigenvalue weighted by molar-refractivity contribution is 7.80. The first kappa shape index (κ1) is 23.1. The highest BCUT2D eigenvalue weighted by atomic mass is 35.7. The fourth-order valence-electron chi connectivity index (χ4n) is 2.85. The summed E-state index contributed by atoms with van der Waals surface area (Å²) in [6, 6.07) is 1.06. The van der Waals surface area contributed by atoms with E-state index < -0.39 is 6.69 Å². The number of hydrogen-bond acceptors (Lipinski definition) is 1. The molecule has 4 heteroatoms. The van der Waals surface area contributed by atoms with Crippen LogP contribution in [-0.4, -0.2) is 12.4 Å².